The summed E-state index contributed by atoms with van der Waals surface area (Å²) in [6, 6.07) is 1.80. The lowest BCUT2D eigenvalue weighted by Gasteiger charge is -2.14. The van der Waals surface area contributed by atoms with E-state index < -0.39 is 32.6 Å². The number of carbonyl (C=O) groups is 1. The molecule has 1 aromatic rings. The van der Waals surface area contributed by atoms with E-state index in [1.165, 1.54) is 0 Å². The van der Waals surface area contributed by atoms with Crippen molar-refractivity contribution in [3.05, 3.63) is 27.7 Å². The van der Waals surface area contributed by atoms with Gasteiger partial charge in [0.1, 0.15) is 4.90 Å². The summed E-state index contributed by atoms with van der Waals surface area (Å²) in [5.41, 5.74) is -0.458. The van der Waals surface area contributed by atoms with Gasteiger partial charge in [0.25, 0.3) is 0 Å². The number of carboxylic acid groups (broad SMARTS) is 1. The van der Waals surface area contributed by atoms with Crippen LogP contribution < -0.4 is 4.72 Å². The fourth-order valence-electron chi connectivity index (χ4n) is 1.48. The van der Waals surface area contributed by atoms with Crippen molar-refractivity contribution in [1.82, 2.24) is 4.72 Å². The molecule has 2 N–H and O–H groups in total. The predicted octanol–water partition coefficient (Wildman–Crippen LogP) is 2.38. The van der Waals surface area contributed by atoms with Gasteiger partial charge in [0, 0.05) is 12.5 Å². The third kappa shape index (κ3) is 3.64. The molecule has 0 radical (unpaired) electrons. The van der Waals surface area contributed by atoms with Crippen LogP contribution in [-0.4, -0.2) is 25.5 Å². The summed E-state index contributed by atoms with van der Waals surface area (Å²) < 4.78 is 26.6. The van der Waals surface area contributed by atoms with Gasteiger partial charge in [-0.2, -0.15) is 0 Å². The minimum absolute atomic E-state index is 0.141. The highest BCUT2D eigenvalue weighted by molar-refractivity contribution is 7.89. The highest BCUT2D eigenvalue weighted by atomic mass is 35.5. The molecule has 0 bridgehead atoms. The smallest absolute Gasteiger partial charge is 0.338 e. The zero-order chi connectivity index (χ0) is 15.5. The summed E-state index contributed by atoms with van der Waals surface area (Å²) in [5.74, 6) is 0.911. The quantitative estimate of drug-likeness (QED) is 0.809. The van der Waals surface area contributed by atoms with E-state index in [1.54, 1.807) is 6.92 Å². The minimum Gasteiger partial charge on any atom is -0.478 e. The Balaban J connectivity index is 3.31. The Morgan fingerprint density at radius 2 is 2.10 bits per heavy atom. The second kappa shape index (κ2) is 6.46. The number of hydrogen-bond acceptors (Lipinski definition) is 3. The Bertz CT molecular complexity index is 679. The molecule has 0 aliphatic heterocycles. The first-order valence-corrected chi connectivity index (χ1v) is 7.61. The Morgan fingerprint density at radius 1 is 1.50 bits per heavy atom. The fraction of sp³-hybridized carbons (Fsp3) is 0.250. The van der Waals surface area contributed by atoms with Crippen LogP contribution in [0.5, 0.6) is 0 Å². The average Bonchev–Trinajstić information content (AvgIpc) is 2.27. The van der Waals surface area contributed by atoms with Crippen LogP contribution in [0.2, 0.25) is 10.0 Å². The van der Waals surface area contributed by atoms with Crippen LogP contribution in [0, 0.1) is 12.3 Å². The first-order chi connectivity index (χ1) is 9.20. The molecular weight excluding hydrogens is 325 g/mol. The van der Waals surface area contributed by atoms with Crippen LogP contribution >= 0.6 is 23.2 Å². The molecule has 1 unspecified atom stereocenters. The van der Waals surface area contributed by atoms with Gasteiger partial charge in [-0.05, 0) is 19.1 Å². The molecule has 108 valence electrons. The zero-order valence-corrected chi connectivity index (χ0v) is 12.7. The highest BCUT2D eigenvalue weighted by Crippen LogP contribution is 2.31. The fourth-order valence-corrected chi connectivity index (χ4v) is 3.65. The molecule has 0 heterocycles. The number of halogens is 2. The van der Waals surface area contributed by atoms with Gasteiger partial charge in [0.05, 0.1) is 15.6 Å². The summed E-state index contributed by atoms with van der Waals surface area (Å²) in [6.45, 7) is 1.58. The molecular formula is C12H11Cl2NO4S. The summed E-state index contributed by atoms with van der Waals surface area (Å²) in [5, 5.41) is 8.41. The molecule has 0 saturated carbocycles. The van der Waals surface area contributed by atoms with Gasteiger partial charge in [-0.25, -0.2) is 17.9 Å². The Morgan fingerprint density at radius 3 is 2.60 bits per heavy atom. The van der Waals surface area contributed by atoms with Gasteiger partial charge in [-0.15, -0.1) is 12.3 Å². The number of nitrogens with one attached hydrogen (secondary N) is 1. The van der Waals surface area contributed by atoms with Gasteiger partial charge in [-0.3, -0.25) is 0 Å². The SMILES string of the molecule is C#CCC(C)NS(=O)(=O)c1ccc(Cl)c(C(=O)O)c1Cl. The van der Waals surface area contributed by atoms with Crippen LogP contribution in [0.1, 0.15) is 23.7 Å². The molecule has 0 spiro atoms. The number of aromatic carboxylic acids is 1. The van der Waals surface area contributed by atoms with Gasteiger partial charge >= 0.3 is 5.97 Å². The van der Waals surface area contributed by atoms with Gasteiger partial charge in [-0.1, -0.05) is 23.2 Å². The minimum atomic E-state index is -3.98. The van der Waals surface area contributed by atoms with Crippen molar-refractivity contribution in [1.29, 1.82) is 0 Å². The van der Waals surface area contributed by atoms with E-state index in [0.29, 0.717) is 0 Å². The van der Waals surface area contributed by atoms with Crippen molar-refractivity contribution < 1.29 is 18.3 Å². The molecule has 1 rings (SSSR count). The topological polar surface area (TPSA) is 83.5 Å². The zero-order valence-electron chi connectivity index (χ0n) is 10.4. The van der Waals surface area contributed by atoms with Crippen LogP contribution in [-0.2, 0) is 10.0 Å². The lowest BCUT2D eigenvalue weighted by atomic mass is 10.2. The Labute approximate surface area is 126 Å². The van der Waals surface area contributed by atoms with Crippen molar-refractivity contribution in [2.45, 2.75) is 24.3 Å². The van der Waals surface area contributed by atoms with E-state index in [9.17, 15) is 13.2 Å². The largest absolute Gasteiger partial charge is 0.478 e. The Hall–Kier alpha value is -1.26. The van der Waals surface area contributed by atoms with Crippen molar-refractivity contribution in [2.75, 3.05) is 0 Å². The number of rotatable bonds is 5. The molecule has 0 amide bonds. The van der Waals surface area contributed by atoms with Crippen LogP contribution in [0.3, 0.4) is 0 Å². The molecule has 1 atom stereocenters. The summed E-state index contributed by atoms with van der Waals surface area (Å²) in [4.78, 5) is 10.7. The van der Waals surface area contributed by atoms with Crippen molar-refractivity contribution >= 4 is 39.2 Å². The number of sulfonamides is 1. The van der Waals surface area contributed by atoms with E-state index in [4.69, 9.17) is 34.7 Å². The maximum atomic E-state index is 12.1. The van der Waals surface area contributed by atoms with Crippen LogP contribution in [0.25, 0.3) is 0 Å². The third-order valence-electron chi connectivity index (χ3n) is 2.34. The molecule has 8 heteroatoms. The third-order valence-corrected chi connectivity index (χ3v) is 4.79. The Kier molecular flexibility index (Phi) is 5.42. The number of terminal acetylenes is 1. The number of benzene rings is 1. The summed E-state index contributed by atoms with van der Waals surface area (Å²) in [6.07, 6.45) is 5.29. The van der Waals surface area contributed by atoms with E-state index in [0.717, 1.165) is 12.1 Å². The predicted molar refractivity (Wildman–Crippen MR) is 76.7 cm³/mol. The van der Waals surface area contributed by atoms with Gasteiger partial charge in [0.2, 0.25) is 10.0 Å². The maximum absolute atomic E-state index is 12.1. The van der Waals surface area contributed by atoms with Crippen molar-refractivity contribution in [2.24, 2.45) is 0 Å². The second-order valence-electron chi connectivity index (χ2n) is 3.97. The maximum Gasteiger partial charge on any atom is 0.338 e. The normalized spacial score (nSPS) is 12.7. The average molecular weight is 336 g/mol. The van der Waals surface area contributed by atoms with Gasteiger partial charge < -0.3 is 5.11 Å². The summed E-state index contributed by atoms with van der Waals surface area (Å²) >= 11 is 11.5. The molecule has 5 nitrogen and oxygen atoms in total. The summed E-state index contributed by atoms with van der Waals surface area (Å²) in [7, 11) is -3.98. The van der Waals surface area contributed by atoms with Crippen molar-refractivity contribution in [3.63, 3.8) is 0 Å². The lowest BCUT2D eigenvalue weighted by molar-refractivity contribution is 0.0697. The molecule has 0 saturated heterocycles. The molecule has 1 aromatic carbocycles. The monoisotopic (exact) mass is 335 g/mol. The van der Waals surface area contributed by atoms with Crippen LogP contribution in [0.4, 0.5) is 0 Å². The lowest BCUT2D eigenvalue weighted by Crippen LogP contribution is -2.32. The molecule has 0 aromatic heterocycles. The van der Waals surface area contributed by atoms with E-state index in [2.05, 4.69) is 10.6 Å². The second-order valence-corrected chi connectivity index (χ2v) is 6.44. The first-order valence-electron chi connectivity index (χ1n) is 5.37. The van der Waals surface area contributed by atoms with E-state index in [1.807, 2.05) is 0 Å². The van der Waals surface area contributed by atoms with Crippen molar-refractivity contribution in [3.8, 4) is 12.3 Å². The van der Waals surface area contributed by atoms with Crippen LogP contribution in [0.15, 0.2) is 17.0 Å². The molecule has 0 aliphatic carbocycles. The van der Waals surface area contributed by atoms with E-state index >= 15 is 0 Å². The molecule has 20 heavy (non-hydrogen) atoms. The van der Waals surface area contributed by atoms with Gasteiger partial charge in [0.15, 0.2) is 0 Å². The number of carboxylic acids is 1. The molecule has 0 aliphatic rings. The number of hydrogen-bond donors (Lipinski definition) is 2. The first kappa shape index (κ1) is 16.8. The van der Waals surface area contributed by atoms with E-state index in [-0.39, 0.29) is 16.3 Å². The standard InChI is InChI=1S/C12H11Cl2NO4S/c1-3-4-7(2)15-20(18,19)9-6-5-8(13)10(11(9)14)12(16)17/h1,5-7,15H,4H2,2H3,(H,16,17). The molecule has 0 fully saturated rings. The highest BCUT2D eigenvalue weighted by Gasteiger charge is 2.25.